The van der Waals surface area contributed by atoms with Crippen LogP contribution in [-0.4, -0.2) is 74.5 Å². The third-order valence-electron chi connectivity index (χ3n) is 2.76. The van der Waals surface area contributed by atoms with Crippen molar-refractivity contribution in [1.82, 2.24) is 9.80 Å². The molecule has 84 valence electrons. The van der Waals surface area contributed by atoms with Crippen LogP contribution in [0.1, 0.15) is 6.42 Å². The Labute approximate surface area is 86.4 Å². The van der Waals surface area contributed by atoms with Gasteiger partial charge < -0.3 is 14.7 Å². The minimum absolute atomic E-state index is 0.170. The summed E-state index contributed by atoms with van der Waals surface area (Å²) in [6.07, 6.45) is 0.535. The Bertz CT molecular complexity index is 164. The molecule has 2 unspecified atom stereocenters. The van der Waals surface area contributed by atoms with Crippen molar-refractivity contribution < 1.29 is 9.84 Å². The molecule has 1 aliphatic heterocycles. The molecule has 0 aromatic carbocycles. The van der Waals surface area contributed by atoms with E-state index < -0.39 is 0 Å². The zero-order chi connectivity index (χ0) is 10.6. The highest BCUT2D eigenvalue weighted by atomic mass is 16.5. The molecule has 0 bridgehead atoms. The molecule has 0 saturated carbocycles. The summed E-state index contributed by atoms with van der Waals surface area (Å²) in [5.41, 5.74) is 0. The van der Waals surface area contributed by atoms with Gasteiger partial charge in [0.1, 0.15) is 0 Å². The van der Waals surface area contributed by atoms with Crippen molar-refractivity contribution in [3.63, 3.8) is 0 Å². The molecule has 1 fully saturated rings. The van der Waals surface area contributed by atoms with Crippen LogP contribution in [0, 0.1) is 0 Å². The molecule has 0 aromatic rings. The van der Waals surface area contributed by atoms with E-state index in [9.17, 15) is 5.11 Å². The SMILES string of the molecule is CN(C)CCN(C)C1COCCC1O. The second-order valence-electron chi connectivity index (χ2n) is 4.28. The molecule has 1 saturated heterocycles. The van der Waals surface area contributed by atoms with E-state index in [-0.39, 0.29) is 12.1 Å². The highest BCUT2D eigenvalue weighted by molar-refractivity contribution is 4.80. The zero-order valence-electron chi connectivity index (χ0n) is 9.44. The first-order chi connectivity index (χ1) is 6.61. The fourth-order valence-corrected chi connectivity index (χ4v) is 1.66. The number of aliphatic hydroxyl groups excluding tert-OH is 1. The Hall–Kier alpha value is -0.160. The molecule has 0 radical (unpaired) electrons. The summed E-state index contributed by atoms with van der Waals surface area (Å²) in [5.74, 6) is 0. The minimum Gasteiger partial charge on any atom is -0.391 e. The zero-order valence-corrected chi connectivity index (χ0v) is 9.44. The van der Waals surface area contributed by atoms with Gasteiger partial charge in [0.25, 0.3) is 0 Å². The lowest BCUT2D eigenvalue weighted by Crippen LogP contribution is -2.49. The van der Waals surface area contributed by atoms with Crippen molar-refractivity contribution in [2.24, 2.45) is 0 Å². The predicted octanol–water partition coefficient (Wildman–Crippen LogP) is -0.370. The van der Waals surface area contributed by atoms with E-state index in [4.69, 9.17) is 4.74 Å². The summed E-state index contributed by atoms with van der Waals surface area (Å²) < 4.78 is 5.37. The first-order valence-electron chi connectivity index (χ1n) is 5.22. The summed E-state index contributed by atoms with van der Waals surface area (Å²) in [5, 5.41) is 9.77. The maximum atomic E-state index is 9.77. The van der Waals surface area contributed by atoms with Gasteiger partial charge in [0.2, 0.25) is 0 Å². The molecule has 1 aliphatic rings. The van der Waals surface area contributed by atoms with Gasteiger partial charge in [-0.1, -0.05) is 0 Å². The fraction of sp³-hybridized carbons (Fsp3) is 1.00. The van der Waals surface area contributed by atoms with Gasteiger partial charge in [-0.3, -0.25) is 4.90 Å². The molecule has 14 heavy (non-hydrogen) atoms. The van der Waals surface area contributed by atoms with E-state index in [1.54, 1.807) is 0 Å². The van der Waals surface area contributed by atoms with Crippen molar-refractivity contribution in [3.05, 3.63) is 0 Å². The lowest BCUT2D eigenvalue weighted by molar-refractivity contribution is -0.0548. The molecule has 0 aliphatic carbocycles. The van der Waals surface area contributed by atoms with Crippen molar-refractivity contribution in [2.75, 3.05) is 47.4 Å². The van der Waals surface area contributed by atoms with Crippen molar-refractivity contribution in [3.8, 4) is 0 Å². The smallest absolute Gasteiger partial charge is 0.0739 e. The van der Waals surface area contributed by atoms with Crippen LogP contribution >= 0.6 is 0 Å². The van der Waals surface area contributed by atoms with Crippen LogP contribution in [0.25, 0.3) is 0 Å². The minimum atomic E-state index is -0.226. The highest BCUT2D eigenvalue weighted by Crippen LogP contribution is 2.12. The Morgan fingerprint density at radius 3 is 2.57 bits per heavy atom. The fourth-order valence-electron chi connectivity index (χ4n) is 1.66. The van der Waals surface area contributed by atoms with E-state index in [0.717, 1.165) is 19.5 Å². The summed E-state index contributed by atoms with van der Waals surface area (Å²) in [7, 11) is 6.16. The molecular formula is C10H22N2O2. The van der Waals surface area contributed by atoms with E-state index in [1.807, 2.05) is 7.05 Å². The van der Waals surface area contributed by atoms with Gasteiger partial charge in [-0.15, -0.1) is 0 Å². The molecule has 2 atom stereocenters. The van der Waals surface area contributed by atoms with E-state index in [2.05, 4.69) is 23.9 Å². The van der Waals surface area contributed by atoms with E-state index in [0.29, 0.717) is 13.2 Å². The van der Waals surface area contributed by atoms with Crippen LogP contribution in [0.15, 0.2) is 0 Å². The van der Waals surface area contributed by atoms with Gasteiger partial charge >= 0.3 is 0 Å². The average molecular weight is 202 g/mol. The normalized spacial score (nSPS) is 28.7. The summed E-state index contributed by atoms with van der Waals surface area (Å²) >= 11 is 0. The molecule has 1 rings (SSSR count). The van der Waals surface area contributed by atoms with Crippen LogP contribution < -0.4 is 0 Å². The molecule has 4 heteroatoms. The van der Waals surface area contributed by atoms with Crippen molar-refractivity contribution in [1.29, 1.82) is 0 Å². The summed E-state index contributed by atoms with van der Waals surface area (Å²) in [6, 6.07) is 0.170. The van der Waals surface area contributed by atoms with Gasteiger partial charge in [0.15, 0.2) is 0 Å². The third kappa shape index (κ3) is 3.53. The molecule has 1 heterocycles. The Morgan fingerprint density at radius 1 is 1.29 bits per heavy atom. The summed E-state index contributed by atoms with van der Waals surface area (Å²) in [4.78, 5) is 4.33. The Kier molecular flexibility index (Phi) is 4.81. The Morgan fingerprint density at radius 2 is 2.00 bits per heavy atom. The molecule has 4 nitrogen and oxygen atoms in total. The Balaban J connectivity index is 2.30. The van der Waals surface area contributed by atoms with Crippen molar-refractivity contribution >= 4 is 0 Å². The molecular weight excluding hydrogens is 180 g/mol. The number of likely N-dealkylation sites (N-methyl/N-ethyl adjacent to an activating group) is 2. The second-order valence-corrected chi connectivity index (χ2v) is 4.28. The topological polar surface area (TPSA) is 35.9 Å². The summed E-state index contributed by atoms with van der Waals surface area (Å²) in [6.45, 7) is 3.34. The quantitative estimate of drug-likeness (QED) is 0.675. The van der Waals surface area contributed by atoms with E-state index >= 15 is 0 Å². The first kappa shape index (κ1) is 11.9. The second kappa shape index (κ2) is 5.66. The van der Waals surface area contributed by atoms with Crippen LogP contribution in [-0.2, 0) is 4.74 Å². The van der Waals surface area contributed by atoms with Gasteiger partial charge in [-0.25, -0.2) is 0 Å². The predicted molar refractivity (Wildman–Crippen MR) is 56.4 cm³/mol. The van der Waals surface area contributed by atoms with E-state index in [1.165, 1.54) is 0 Å². The van der Waals surface area contributed by atoms with Gasteiger partial charge in [0, 0.05) is 19.7 Å². The number of hydrogen-bond acceptors (Lipinski definition) is 4. The maximum Gasteiger partial charge on any atom is 0.0739 e. The van der Waals surface area contributed by atoms with Crippen LogP contribution in [0.4, 0.5) is 0 Å². The van der Waals surface area contributed by atoms with Crippen LogP contribution in [0.2, 0.25) is 0 Å². The van der Waals surface area contributed by atoms with Crippen molar-refractivity contribution in [2.45, 2.75) is 18.6 Å². The molecule has 1 N–H and O–H groups in total. The monoisotopic (exact) mass is 202 g/mol. The molecule has 0 aromatic heterocycles. The van der Waals surface area contributed by atoms with Gasteiger partial charge in [-0.2, -0.15) is 0 Å². The van der Waals surface area contributed by atoms with Crippen LogP contribution in [0.3, 0.4) is 0 Å². The number of aliphatic hydroxyl groups is 1. The third-order valence-corrected chi connectivity index (χ3v) is 2.76. The molecule has 0 spiro atoms. The number of nitrogens with zero attached hydrogens (tertiary/aromatic N) is 2. The first-order valence-corrected chi connectivity index (χ1v) is 5.22. The largest absolute Gasteiger partial charge is 0.391 e. The molecule has 0 amide bonds. The standard InChI is InChI=1S/C10H22N2O2/c1-11(2)5-6-12(3)9-8-14-7-4-10(9)13/h9-10,13H,4-8H2,1-3H3. The lowest BCUT2D eigenvalue weighted by Gasteiger charge is -2.35. The van der Waals surface area contributed by atoms with Gasteiger partial charge in [0.05, 0.1) is 18.8 Å². The number of rotatable bonds is 4. The number of ether oxygens (including phenoxy) is 1. The van der Waals surface area contributed by atoms with Crippen LogP contribution in [0.5, 0.6) is 0 Å². The number of hydrogen-bond donors (Lipinski definition) is 1. The average Bonchev–Trinajstić information content (AvgIpc) is 2.15. The lowest BCUT2D eigenvalue weighted by atomic mass is 10.1. The van der Waals surface area contributed by atoms with Gasteiger partial charge in [-0.05, 0) is 27.6 Å². The maximum absolute atomic E-state index is 9.77. The highest BCUT2D eigenvalue weighted by Gasteiger charge is 2.26.